The van der Waals surface area contributed by atoms with Crippen LogP contribution in [0.2, 0.25) is 0 Å². The standard InChI is InChI=1S/C15H15FN2O3/c1-10(17)14-4-2-3-5-15(14)21-9-11-6-12(16)8-13(7-11)18(19)20/h2-8,10H,9,17H2,1H3/t10-/m0/s1. The van der Waals surface area contributed by atoms with Gasteiger partial charge in [-0.1, -0.05) is 18.2 Å². The minimum Gasteiger partial charge on any atom is -0.489 e. The van der Waals surface area contributed by atoms with Crippen LogP contribution in [0.25, 0.3) is 0 Å². The number of benzene rings is 2. The molecule has 0 aliphatic heterocycles. The summed E-state index contributed by atoms with van der Waals surface area (Å²) < 4.78 is 18.9. The van der Waals surface area contributed by atoms with E-state index in [1.54, 1.807) is 12.1 Å². The molecule has 0 heterocycles. The number of para-hydroxylation sites is 1. The zero-order chi connectivity index (χ0) is 15.4. The van der Waals surface area contributed by atoms with Crippen LogP contribution >= 0.6 is 0 Å². The Balaban J connectivity index is 2.19. The number of ether oxygens (including phenoxy) is 1. The Bertz CT molecular complexity index is 659. The van der Waals surface area contributed by atoms with Crippen LogP contribution in [-0.4, -0.2) is 4.92 Å². The third-order valence-electron chi connectivity index (χ3n) is 2.96. The molecule has 1 atom stereocenters. The maximum atomic E-state index is 13.3. The predicted molar refractivity (Wildman–Crippen MR) is 76.4 cm³/mol. The van der Waals surface area contributed by atoms with Gasteiger partial charge in [0.2, 0.25) is 0 Å². The van der Waals surface area contributed by atoms with Crippen molar-refractivity contribution in [3.05, 3.63) is 69.5 Å². The Hall–Kier alpha value is -2.47. The van der Waals surface area contributed by atoms with Gasteiger partial charge in [0.15, 0.2) is 0 Å². The van der Waals surface area contributed by atoms with Crippen LogP contribution in [0.4, 0.5) is 10.1 Å². The lowest BCUT2D eigenvalue weighted by atomic mass is 10.1. The molecule has 0 bridgehead atoms. The summed E-state index contributed by atoms with van der Waals surface area (Å²) in [6, 6.07) is 10.4. The van der Waals surface area contributed by atoms with Crippen LogP contribution in [0.1, 0.15) is 24.1 Å². The highest BCUT2D eigenvalue weighted by molar-refractivity contribution is 5.37. The highest BCUT2D eigenvalue weighted by Crippen LogP contribution is 2.25. The molecule has 0 saturated heterocycles. The van der Waals surface area contributed by atoms with E-state index < -0.39 is 10.7 Å². The smallest absolute Gasteiger partial charge is 0.272 e. The SMILES string of the molecule is C[C@H](N)c1ccccc1OCc1cc(F)cc([N+](=O)[O-])c1. The number of rotatable bonds is 5. The maximum absolute atomic E-state index is 13.3. The van der Waals surface area contributed by atoms with Gasteiger partial charge in [0.1, 0.15) is 18.2 Å². The van der Waals surface area contributed by atoms with Gasteiger partial charge in [-0.05, 0) is 24.6 Å². The van der Waals surface area contributed by atoms with Gasteiger partial charge >= 0.3 is 0 Å². The molecular weight excluding hydrogens is 275 g/mol. The summed E-state index contributed by atoms with van der Waals surface area (Å²) in [6.07, 6.45) is 0. The molecule has 0 radical (unpaired) electrons. The molecule has 0 aromatic heterocycles. The predicted octanol–water partition coefficient (Wildman–Crippen LogP) is 3.33. The Morgan fingerprint density at radius 1 is 1.33 bits per heavy atom. The third-order valence-corrected chi connectivity index (χ3v) is 2.96. The van der Waals surface area contributed by atoms with E-state index in [0.717, 1.165) is 11.6 Å². The van der Waals surface area contributed by atoms with Gasteiger partial charge in [0.25, 0.3) is 5.69 Å². The zero-order valence-corrected chi connectivity index (χ0v) is 11.5. The van der Waals surface area contributed by atoms with Gasteiger partial charge in [-0.3, -0.25) is 10.1 Å². The number of nitrogens with zero attached hydrogens (tertiary/aromatic N) is 1. The largest absolute Gasteiger partial charge is 0.489 e. The summed E-state index contributed by atoms with van der Waals surface area (Å²) in [5.74, 6) is -0.0808. The summed E-state index contributed by atoms with van der Waals surface area (Å²) >= 11 is 0. The van der Waals surface area contributed by atoms with Crippen LogP contribution < -0.4 is 10.5 Å². The molecule has 0 saturated carbocycles. The topological polar surface area (TPSA) is 78.4 Å². The first-order valence-electron chi connectivity index (χ1n) is 6.38. The van der Waals surface area contributed by atoms with Crippen molar-refractivity contribution in [3.8, 4) is 5.75 Å². The average Bonchev–Trinajstić information content (AvgIpc) is 2.44. The summed E-state index contributed by atoms with van der Waals surface area (Å²) in [5.41, 5.74) is 6.76. The van der Waals surface area contributed by atoms with Crippen LogP contribution in [0.15, 0.2) is 42.5 Å². The van der Waals surface area contributed by atoms with E-state index in [1.165, 1.54) is 12.1 Å². The Morgan fingerprint density at radius 2 is 2.05 bits per heavy atom. The number of hydrogen-bond acceptors (Lipinski definition) is 4. The first kappa shape index (κ1) is 14.9. The van der Waals surface area contributed by atoms with Crippen molar-refractivity contribution in [1.82, 2.24) is 0 Å². The summed E-state index contributed by atoms with van der Waals surface area (Å²) in [6.45, 7) is 1.86. The number of nitro benzene ring substituents is 1. The van der Waals surface area contributed by atoms with Crippen LogP contribution in [0.3, 0.4) is 0 Å². The average molecular weight is 290 g/mol. The number of nitro groups is 1. The second-order valence-corrected chi connectivity index (χ2v) is 4.69. The molecule has 2 rings (SSSR count). The monoisotopic (exact) mass is 290 g/mol. The molecule has 2 N–H and O–H groups in total. The van der Waals surface area contributed by atoms with E-state index in [1.807, 2.05) is 19.1 Å². The minimum absolute atomic E-state index is 0.0301. The highest BCUT2D eigenvalue weighted by atomic mass is 19.1. The van der Waals surface area contributed by atoms with Crippen LogP contribution in [-0.2, 0) is 6.61 Å². The van der Waals surface area contributed by atoms with Gasteiger partial charge in [0.05, 0.1) is 11.0 Å². The van der Waals surface area contributed by atoms with Gasteiger partial charge in [-0.15, -0.1) is 0 Å². The Kier molecular flexibility index (Phi) is 4.49. The number of halogens is 1. The summed E-state index contributed by atoms with van der Waals surface area (Å²) in [4.78, 5) is 10.1. The quantitative estimate of drug-likeness (QED) is 0.676. The molecule has 0 unspecified atom stereocenters. The first-order chi connectivity index (χ1) is 9.97. The van der Waals surface area contributed by atoms with Gasteiger partial charge in [-0.2, -0.15) is 0 Å². The minimum atomic E-state index is -0.664. The van der Waals surface area contributed by atoms with Crippen molar-refractivity contribution in [2.45, 2.75) is 19.6 Å². The molecule has 21 heavy (non-hydrogen) atoms. The number of nitrogens with two attached hydrogens (primary N) is 1. The van der Waals surface area contributed by atoms with E-state index >= 15 is 0 Å². The van der Waals surface area contributed by atoms with Crippen molar-refractivity contribution < 1.29 is 14.1 Å². The molecule has 0 spiro atoms. The van der Waals surface area contributed by atoms with Gasteiger partial charge < -0.3 is 10.5 Å². The second-order valence-electron chi connectivity index (χ2n) is 4.69. The summed E-state index contributed by atoms with van der Waals surface area (Å²) in [7, 11) is 0. The lowest BCUT2D eigenvalue weighted by Gasteiger charge is -2.13. The fraction of sp³-hybridized carbons (Fsp3) is 0.200. The Labute approximate surface area is 121 Å². The second kappa shape index (κ2) is 6.32. The van der Waals surface area contributed by atoms with Crippen molar-refractivity contribution in [2.75, 3.05) is 0 Å². The summed E-state index contributed by atoms with van der Waals surface area (Å²) in [5, 5.41) is 10.7. The van der Waals surface area contributed by atoms with Crippen molar-refractivity contribution in [3.63, 3.8) is 0 Å². The van der Waals surface area contributed by atoms with E-state index in [-0.39, 0.29) is 18.3 Å². The molecule has 2 aromatic carbocycles. The molecule has 0 aliphatic carbocycles. The lowest BCUT2D eigenvalue weighted by Crippen LogP contribution is -2.08. The highest BCUT2D eigenvalue weighted by Gasteiger charge is 2.11. The van der Waals surface area contributed by atoms with Gasteiger partial charge in [-0.25, -0.2) is 4.39 Å². The molecule has 0 amide bonds. The molecule has 0 fully saturated rings. The molecular formula is C15H15FN2O3. The van der Waals surface area contributed by atoms with Gasteiger partial charge in [0, 0.05) is 17.7 Å². The van der Waals surface area contributed by atoms with E-state index in [0.29, 0.717) is 11.3 Å². The van der Waals surface area contributed by atoms with E-state index in [2.05, 4.69) is 0 Å². The molecule has 110 valence electrons. The van der Waals surface area contributed by atoms with E-state index in [4.69, 9.17) is 10.5 Å². The van der Waals surface area contributed by atoms with E-state index in [9.17, 15) is 14.5 Å². The number of non-ortho nitro benzene ring substituents is 1. The third kappa shape index (κ3) is 3.76. The van der Waals surface area contributed by atoms with Crippen molar-refractivity contribution >= 4 is 5.69 Å². The van der Waals surface area contributed by atoms with Crippen molar-refractivity contribution in [2.24, 2.45) is 5.73 Å². The Morgan fingerprint density at radius 3 is 2.71 bits per heavy atom. The first-order valence-corrected chi connectivity index (χ1v) is 6.38. The van der Waals surface area contributed by atoms with Crippen LogP contribution in [0, 0.1) is 15.9 Å². The molecule has 0 aliphatic rings. The fourth-order valence-corrected chi connectivity index (χ4v) is 1.97. The fourth-order valence-electron chi connectivity index (χ4n) is 1.97. The normalized spacial score (nSPS) is 12.0. The lowest BCUT2D eigenvalue weighted by molar-refractivity contribution is -0.385. The molecule has 5 nitrogen and oxygen atoms in total. The molecule has 6 heteroatoms. The molecule has 2 aromatic rings. The zero-order valence-electron chi connectivity index (χ0n) is 11.5. The van der Waals surface area contributed by atoms with Crippen LogP contribution in [0.5, 0.6) is 5.75 Å². The maximum Gasteiger partial charge on any atom is 0.272 e. The number of hydrogen-bond donors (Lipinski definition) is 1. The van der Waals surface area contributed by atoms with Crippen molar-refractivity contribution in [1.29, 1.82) is 0 Å².